The highest BCUT2D eigenvalue weighted by atomic mass is 16.5. The Bertz CT molecular complexity index is 759. The maximum absolute atomic E-state index is 5.20. The topological polar surface area (TPSA) is 66.7 Å². The molecular weight excluding hydrogens is 352 g/mol. The molecule has 3 rings (SSSR count). The Morgan fingerprint density at radius 1 is 1.21 bits per heavy atom. The van der Waals surface area contributed by atoms with Gasteiger partial charge in [-0.1, -0.05) is 0 Å². The summed E-state index contributed by atoms with van der Waals surface area (Å²) in [7, 11) is 3.48. The van der Waals surface area contributed by atoms with Crippen molar-refractivity contribution in [2.45, 2.75) is 45.3 Å². The van der Waals surface area contributed by atoms with Crippen LogP contribution in [0.1, 0.15) is 32.4 Å². The number of hydrogen-bond acceptors (Lipinski definition) is 4. The summed E-state index contributed by atoms with van der Waals surface area (Å²) in [6.45, 7) is 7.43. The number of methoxy groups -OCH3 is 1. The van der Waals surface area contributed by atoms with Gasteiger partial charge in [0.15, 0.2) is 5.96 Å². The van der Waals surface area contributed by atoms with E-state index in [0.717, 1.165) is 49.0 Å². The highest BCUT2D eigenvalue weighted by molar-refractivity contribution is 5.79. The monoisotopic (exact) mass is 384 g/mol. The van der Waals surface area contributed by atoms with Gasteiger partial charge in [-0.15, -0.1) is 0 Å². The van der Waals surface area contributed by atoms with Crippen LogP contribution in [-0.2, 0) is 6.54 Å². The molecule has 28 heavy (non-hydrogen) atoms. The number of ether oxygens (including phenoxy) is 1. The Morgan fingerprint density at radius 3 is 2.54 bits per heavy atom. The molecule has 0 atom stereocenters. The van der Waals surface area contributed by atoms with Crippen molar-refractivity contribution in [3.05, 3.63) is 42.2 Å². The lowest BCUT2D eigenvalue weighted by Gasteiger charge is -2.35. The maximum Gasteiger partial charge on any atom is 0.191 e. The molecule has 7 nitrogen and oxygen atoms in total. The number of nitrogens with one attached hydrogen (secondary N) is 2. The first kappa shape index (κ1) is 20.2. The van der Waals surface area contributed by atoms with Gasteiger partial charge in [-0.2, -0.15) is 5.10 Å². The van der Waals surface area contributed by atoms with Crippen LogP contribution in [0.2, 0.25) is 0 Å². The number of benzene rings is 1. The molecule has 1 aliphatic heterocycles. The fourth-order valence-electron chi connectivity index (χ4n) is 3.46. The molecule has 1 aromatic carbocycles. The van der Waals surface area contributed by atoms with E-state index in [2.05, 4.69) is 39.5 Å². The Kier molecular flexibility index (Phi) is 6.92. The van der Waals surface area contributed by atoms with Gasteiger partial charge in [-0.25, -0.2) is 4.68 Å². The van der Waals surface area contributed by atoms with E-state index in [4.69, 9.17) is 4.74 Å². The largest absolute Gasteiger partial charge is 0.497 e. The Morgan fingerprint density at radius 2 is 1.93 bits per heavy atom. The van der Waals surface area contributed by atoms with E-state index in [-0.39, 0.29) is 0 Å². The number of likely N-dealkylation sites (tertiary alicyclic amines) is 1. The van der Waals surface area contributed by atoms with Crippen molar-refractivity contribution in [2.24, 2.45) is 4.99 Å². The van der Waals surface area contributed by atoms with Gasteiger partial charge in [0.1, 0.15) is 5.75 Å². The molecular formula is C21H32N6O. The molecule has 0 bridgehead atoms. The SMILES string of the molecule is CN=C(NCc1ccn(-c2ccc(OC)cc2)n1)NC1CCN(C(C)C)CC1. The summed E-state index contributed by atoms with van der Waals surface area (Å²) in [5, 5.41) is 11.6. The minimum absolute atomic E-state index is 0.470. The quantitative estimate of drug-likeness (QED) is 0.591. The second kappa shape index (κ2) is 9.59. The summed E-state index contributed by atoms with van der Waals surface area (Å²) in [5.74, 6) is 1.67. The number of nitrogens with zero attached hydrogens (tertiary/aromatic N) is 4. The van der Waals surface area contributed by atoms with E-state index in [1.54, 1.807) is 7.11 Å². The van der Waals surface area contributed by atoms with Crippen LogP contribution in [0.5, 0.6) is 5.75 Å². The van der Waals surface area contributed by atoms with Crippen molar-refractivity contribution in [3.63, 3.8) is 0 Å². The van der Waals surface area contributed by atoms with Crippen LogP contribution < -0.4 is 15.4 Å². The Labute approximate surface area is 167 Å². The molecule has 0 amide bonds. The van der Waals surface area contributed by atoms with Crippen LogP contribution in [0.3, 0.4) is 0 Å². The van der Waals surface area contributed by atoms with Gasteiger partial charge in [0, 0.05) is 38.4 Å². The van der Waals surface area contributed by atoms with Crippen LogP contribution in [0.25, 0.3) is 5.69 Å². The van der Waals surface area contributed by atoms with Gasteiger partial charge < -0.3 is 20.3 Å². The number of hydrogen-bond donors (Lipinski definition) is 2. The lowest BCUT2D eigenvalue weighted by molar-refractivity contribution is 0.167. The molecule has 1 saturated heterocycles. The van der Waals surface area contributed by atoms with E-state index in [9.17, 15) is 0 Å². The minimum Gasteiger partial charge on any atom is -0.497 e. The van der Waals surface area contributed by atoms with Gasteiger partial charge in [-0.05, 0) is 57.0 Å². The molecule has 152 valence electrons. The highest BCUT2D eigenvalue weighted by Crippen LogP contribution is 2.15. The van der Waals surface area contributed by atoms with E-state index in [1.807, 2.05) is 48.3 Å². The molecule has 1 aromatic heterocycles. The van der Waals surface area contributed by atoms with Gasteiger partial charge in [0.05, 0.1) is 25.0 Å². The van der Waals surface area contributed by atoms with E-state index < -0.39 is 0 Å². The molecule has 0 unspecified atom stereocenters. The van der Waals surface area contributed by atoms with Crippen molar-refractivity contribution >= 4 is 5.96 Å². The fourth-order valence-corrected chi connectivity index (χ4v) is 3.46. The van der Waals surface area contributed by atoms with Crippen LogP contribution in [0, 0.1) is 0 Å². The van der Waals surface area contributed by atoms with Gasteiger partial charge in [0.25, 0.3) is 0 Å². The first-order chi connectivity index (χ1) is 13.6. The minimum atomic E-state index is 0.470. The smallest absolute Gasteiger partial charge is 0.191 e. The number of piperidine rings is 1. The van der Waals surface area contributed by atoms with Crippen LogP contribution in [-0.4, -0.2) is 60.0 Å². The molecule has 1 fully saturated rings. The van der Waals surface area contributed by atoms with Crippen molar-refractivity contribution in [1.82, 2.24) is 25.3 Å². The predicted octanol–water partition coefficient (Wildman–Crippen LogP) is 2.42. The van der Waals surface area contributed by atoms with E-state index in [0.29, 0.717) is 18.6 Å². The van der Waals surface area contributed by atoms with Crippen molar-refractivity contribution in [1.29, 1.82) is 0 Å². The summed E-state index contributed by atoms with van der Waals surface area (Å²) < 4.78 is 7.07. The van der Waals surface area contributed by atoms with Gasteiger partial charge in [-0.3, -0.25) is 4.99 Å². The average molecular weight is 385 g/mol. The summed E-state index contributed by atoms with van der Waals surface area (Å²) in [6, 6.07) is 11.0. The number of guanidine groups is 1. The number of aliphatic imine (C=N–C) groups is 1. The van der Waals surface area contributed by atoms with Crippen LogP contribution >= 0.6 is 0 Å². The molecule has 1 aliphatic rings. The standard InChI is InChI=1S/C21H32N6O/c1-16(2)26-12-9-17(10-13-26)24-21(22-3)23-15-18-11-14-27(25-18)19-5-7-20(28-4)8-6-19/h5-8,11,14,16-17H,9-10,12-13,15H2,1-4H3,(H2,22,23,24). The normalized spacial score (nSPS) is 16.4. The van der Waals surface area contributed by atoms with E-state index >= 15 is 0 Å². The zero-order chi connectivity index (χ0) is 19.9. The Balaban J connectivity index is 1.49. The zero-order valence-electron chi connectivity index (χ0n) is 17.4. The Hall–Kier alpha value is -2.54. The average Bonchev–Trinajstić information content (AvgIpc) is 3.20. The first-order valence-electron chi connectivity index (χ1n) is 9.99. The number of aromatic nitrogens is 2. The van der Waals surface area contributed by atoms with E-state index in [1.165, 1.54) is 0 Å². The van der Waals surface area contributed by atoms with Crippen molar-refractivity contribution in [3.8, 4) is 11.4 Å². The summed E-state index contributed by atoms with van der Waals surface area (Å²) in [6.07, 6.45) is 4.26. The highest BCUT2D eigenvalue weighted by Gasteiger charge is 2.21. The van der Waals surface area contributed by atoms with Crippen LogP contribution in [0.15, 0.2) is 41.5 Å². The molecule has 0 spiro atoms. The van der Waals surface area contributed by atoms with Crippen LogP contribution in [0.4, 0.5) is 0 Å². The van der Waals surface area contributed by atoms with Gasteiger partial charge >= 0.3 is 0 Å². The number of rotatable bonds is 6. The van der Waals surface area contributed by atoms with Gasteiger partial charge in [0.2, 0.25) is 0 Å². The second-order valence-electron chi connectivity index (χ2n) is 7.42. The van der Waals surface area contributed by atoms with Crippen molar-refractivity contribution < 1.29 is 4.74 Å². The van der Waals surface area contributed by atoms with Crippen molar-refractivity contribution in [2.75, 3.05) is 27.2 Å². The fraction of sp³-hybridized carbons (Fsp3) is 0.524. The summed E-state index contributed by atoms with van der Waals surface area (Å²) in [5.41, 5.74) is 1.97. The molecule has 0 aliphatic carbocycles. The first-order valence-corrected chi connectivity index (χ1v) is 9.99. The molecule has 0 radical (unpaired) electrons. The summed E-state index contributed by atoms with van der Waals surface area (Å²) in [4.78, 5) is 6.90. The molecule has 7 heteroatoms. The zero-order valence-corrected chi connectivity index (χ0v) is 17.4. The third kappa shape index (κ3) is 5.25. The molecule has 2 N–H and O–H groups in total. The lowest BCUT2D eigenvalue weighted by Crippen LogP contribution is -2.49. The predicted molar refractivity (Wildman–Crippen MR) is 113 cm³/mol. The maximum atomic E-state index is 5.20. The summed E-state index contributed by atoms with van der Waals surface area (Å²) >= 11 is 0. The molecule has 0 saturated carbocycles. The third-order valence-corrected chi connectivity index (χ3v) is 5.24. The molecule has 2 heterocycles. The third-order valence-electron chi connectivity index (χ3n) is 5.24. The molecule has 2 aromatic rings. The second-order valence-corrected chi connectivity index (χ2v) is 7.42. The lowest BCUT2D eigenvalue weighted by atomic mass is 10.0.